The Kier molecular flexibility index (Phi) is 5.98. The number of aryl methyl sites for hydroxylation is 1. The van der Waals surface area contributed by atoms with E-state index in [1.165, 1.54) is 12.1 Å². The van der Waals surface area contributed by atoms with E-state index in [2.05, 4.69) is 0 Å². The number of benzene rings is 2. The number of hydrogen-bond donors (Lipinski definition) is 3. The lowest BCUT2D eigenvalue weighted by Crippen LogP contribution is -2.04. The first kappa shape index (κ1) is 17.6. The average Bonchev–Trinajstić information content (AvgIpc) is 2.57. The molecule has 0 saturated carbocycles. The molecule has 0 radical (unpaired) electrons. The third kappa shape index (κ3) is 4.86. The molecule has 0 aliphatic heterocycles. The van der Waals surface area contributed by atoms with Crippen LogP contribution in [0.25, 0.3) is 6.08 Å². The van der Waals surface area contributed by atoms with Gasteiger partial charge in [-0.3, -0.25) is 0 Å². The zero-order valence-electron chi connectivity index (χ0n) is 13.4. The maximum Gasteiger partial charge on any atom is 0.330 e. The van der Waals surface area contributed by atoms with Gasteiger partial charge in [0.05, 0.1) is 13.2 Å². The molecule has 0 spiro atoms. The van der Waals surface area contributed by atoms with Crippen molar-refractivity contribution in [2.24, 2.45) is 0 Å². The number of esters is 1. The van der Waals surface area contributed by atoms with Crippen LogP contribution in [-0.4, -0.2) is 27.9 Å². The molecule has 0 atom stereocenters. The summed E-state index contributed by atoms with van der Waals surface area (Å²) < 4.78 is 5.11. The monoisotopic (exact) mass is 328 g/mol. The lowest BCUT2D eigenvalue weighted by molar-refractivity contribution is -0.137. The molecule has 0 aliphatic rings. The minimum Gasteiger partial charge on any atom is -0.508 e. The molecule has 0 unspecified atom stereocenters. The second kappa shape index (κ2) is 8.17. The second-order valence-electron chi connectivity index (χ2n) is 5.42. The van der Waals surface area contributed by atoms with Crippen molar-refractivity contribution in [2.75, 3.05) is 6.61 Å². The smallest absolute Gasteiger partial charge is 0.330 e. The first-order chi connectivity index (χ1) is 11.5. The summed E-state index contributed by atoms with van der Waals surface area (Å²) in [6, 6.07) is 10.0. The van der Waals surface area contributed by atoms with Crippen molar-refractivity contribution in [3.63, 3.8) is 0 Å². The van der Waals surface area contributed by atoms with Gasteiger partial charge in [-0.25, -0.2) is 4.79 Å². The van der Waals surface area contributed by atoms with Gasteiger partial charge in [-0.15, -0.1) is 0 Å². The minimum absolute atomic E-state index is 0.0126. The Morgan fingerprint density at radius 2 is 1.92 bits per heavy atom. The molecule has 5 nitrogen and oxygen atoms in total. The largest absolute Gasteiger partial charge is 0.508 e. The number of phenolic OH excluding ortho intramolecular Hbond substituents is 1. The number of carbonyl (C=O) groups excluding carboxylic acids is 1. The maximum absolute atomic E-state index is 11.7. The average molecular weight is 328 g/mol. The Hall–Kier alpha value is -2.79. The molecule has 0 bridgehead atoms. The number of carbonyl (C=O) groups is 1. The Bertz CT molecular complexity index is 749. The van der Waals surface area contributed by atoms with E-state index < -0.39 is 5.97 Å². The van der Waals surface area contributed by atoms with Crippen LogP contribution in [0.15, 0.2) is 42.5 Å². The maximum atomic E-state index is 11.7. The van der Waals surface area contributed by atoms with Crippen molar-refractivity contribution in [2.45, 2.75) is 20.0 Å². The van der Waals surface area contributed by atoms with Gasteiger partial charge in [0.15, 0.2) is 0 Å². The first-order valence-corrected chi connectivity index (χ1v) is 7.55. The summed E-state index contributed by atoms with van der Waals surface area (Å²) in [7, 11) is 0. The molecule has 3 N–H and O–H groups in total. The quantitative estimate of drug-likeness (QED) is 0.560. The first-order valence-electron chi connectivity index (χ1n) is 7.55. The fourth-order valence-electron chi connectivity index (χ4n) is 2.13. The number of aliphatic hydroxyl groups excluding tert-OH is 1. The highest BCUT2D eigenvalue weighted by Crippen LogP contribution is 2.19. The predicted octanol–water partition coefficient (Wildman–Crippen LogP) is 2.70. The van der Waals surface area contributed by atoms with Gasteiger partial charge in [0.2, 0.25) is 0 Å². The van der Waals surface area contributed by atoms with Crippen LogP contribution >= 0.6 is 0 Å². The molecule has 24 heavy (non-hydrogen) atoms. The zero-order valence-corrected chi connectivity index (χ0v) is 13.4. The Morgan fingerprint density at radius 3 is 2.62 bits per heavy atom. The van der Waals surface area contributed by atoms with Crippen molar-refractivity contribution in [3.05, 3.63) is 64.7 Å². The molecular formula is C19H20O5. The van der Waals surface area contributed by atoms with E-state index >= 15 is 0 Å². The zero-order chi connectivity index (χ0) is 17.5. The standard InChI is InChI=1S/C19H20O5/c1-13-2-3-15(11-18(13)22)8-9-24-19(23)7-5-14-4-6-17(21)16(10-14)12-20/h2-7,10-11,20-22H,8-9,12H2,1H3/b7-5+. The van der Waals surface area contributed by atoms with Crippen LogP contribution in [0, 0.1) is 6.92 Å². The molecule has 5 heteroatoms. The van der Waals surface area contributed by atoms with E-state index in [0.29, 0.717) is 17.5 Å². The van der Waals surface area contributed by atoms with E-state index in [1.54, 1.807) is 24.3 Å². The topological polar surface area (TPSA) is 87.0 Å². The summed E-state index contributed by atoms with van der Waals surface area (Å²) >= 11 is 0. The summed E-state index contributed by atoms with van der Waals surface area (Å²) in [5, 5.41) is 28.2. The molecule has 0 fully saturated rings. The van der Waals surface area contributed by atoms with E-state index in [0.717, 1.165) is 11.1 Å². The van der Waals surface area contributed by atoms with Gasteiger partial charge in [0, 0.05) is 18.1 Å². The summed E-state index contributed by atoms with van der Waals surface area (Å²) in [5.41, 5.74) is 2.76. The third-order valence-electron chi connectivity index (χ3n) is 3.59. The lowest BCUT2D eigenvalue weighted by Gasteiger charge is -2.05. The lowest BCUT2D eigenvalue weighted by atomic mass is 10.1. The third-order valence-corrected chi connectivity index (χ3v) is 3.59. The number of aromatic hydroxyl groups is 2. The summed E-state index contributed by atoms with van der Waals surface area (Å²) in [6.45, 7) is 1.75. The molecule has 0 amide bonds. The van der Waals surface area contributed by atoms with Crippen LogP contribution in [0.4, 0.5) is 0 Å². The molecule has 2 aromatic carbocycles. The van der Waals surface area contributed by atoms with Crippen LogP contribution in [0.3, 0.4) is 0 Å². The second-order valence-corrected chi connectivity index (χ2v) is 5.42. The molecule has 0 heterocycles. The van der Waals surface area contributed by atoms with Gasteiger partial charge in [0.25, 0.3) is 0 Å². The minimum atomic E-state index is -0.482. The van der Waals surface area contributed by atoms with Crippen molar-refractivity contribution in [1.29, 1.82) is 0 Å². The van der Waals surface area contributed by atoms with Crippen LogP contribution in [0.1, 0.15) is 22.3 Å². The molecule has 0 aromatic heterocycles. The van der Waals surface area contributed by atoms with Crippen molar-refractivity contribution < 1.29 is 24.9 Å². The predicted molar refractivity (Wildman–Crippen MR) is 90.6 cm³/mol. The van der Waals surface area contributed by atoms with Gasteiger partial charge < -0.3 is 20.1 Å². The molecule has 126 valence electrons. The molecule has 2 aromatic rings. The van der Waals surface area contributed by atoms with E-state index in [4.69, 9.17) is 9.84 Å². The van der Waals surface area contributed by atoms with Gasteiger partial charge >= 0.3 is 5.97 Å². The fourth-order valence-corrected chi connectivity index (χ4v) is 2.13. The highest BCUT2D eigenvalue weighted by molar-refractivity contribution is 5.87. The number of ether oxygens (including phenoxy) is 1. The Labute approximate surface area is 140 Å². The van der Waals surface area contributed by atoms with E-state index in [1.807, 2.05) is 19.1 Å². The van der Waals surface area contributed by atoms with Crippen molar-refractivity contribution in [3.8, 4) is 11.5 Å². The number of rotatable bonds is 6. The number of phenols is 2. The molecule has 0 aliphatic carbocycles. The van der Waals surface area contributed by atoms with Crippen LogP contribution in [0.2, 0.25) is 0 Å². The van der Waals surface area contributed by atoms with Gasteiger partial charge in [-0.2, -0.15) is 0 Å². The molecule has 2 rings (SSSR count). The Balaban J connectivity index is 1.85. The fraction of sp³-hybridized carbons (Fsp3) is 0.211. The van der Waals surface area contributed by atoms with Crippen molar-refractivity contribution >= 4 is 12.0 Å². The summed E-state index contributed by atoms with van der Waals surface area (Å²) in [6.07, 6.45) is 3.36. The van der Waals surface area contributed by atoms with Crippen LogP contribution < -0.4 is 0 Å². The van der Waals surface area contributed by atoms with Gasteiger partial charge in [0.1, 0.15) is 11.5 Å². The van der Waals surface area contributed by atoms with E-state index in [-0.39, 0.29) is 24.7 Å². The summed E-state index contributed by atoms with van der Waals surface area (Å²) in [4.78, 5) is 11.7. The SMILES string of the molecule is Cc1ccc(CCOC(=O)/C=C/c2ccc(O)c(CO)c2)cc1O. The highest BCUT2D eigenvalue weighted by atomic mass is 16.5. The number of hydrogen-bond acceptors (Lipinski definition) is 5. The highest BCUT2D eigenvalue weighted by Gasteiger charge is 2.03. The van der Waals surface area contributed by atoms with Gasteiger partial charge in [-0.1, -0.05) is 18.2 Å². The van der Waals surface area contributed by atoms with E-state index in [9.17, 15) is 15.0 Å². The van der Waals surface area contributed by atoms with Crippen LogP contribution in [0.5, 0.6) is 11.5 Å². The molecular weight excluding hydrogens is 308 g/mol. The normalized spacial score (nSPS) is 10.9. The number of aliphatic hydroxyl groups is 1. The van der Waals surface area contributed by atoms with Crippen LogP contribution in [-0.2, 0) is 22.6 Å². The summed E-state index contributed by atoms with van der Waals surface area (Å²) in [5.74, 6) is -0.241. The molecule has 0 saturated heterocycles. The Morgan fingerprint density at radius 1 is 1.12 bits per heavy atom. The van der Waals surface area contributed by atoms with Crippen molar-refractivity contribution in [1.82, 2.24) is 0 Å². The van der Waals surface area contributed by atoms with Gasteiger partial charge in [-0.05, 0) is 47.9 Å².